The fourth-order valence-electron chi connectivity index (χ4n) is 1.01. The first-order chi connectivity index (χ1) is 8.09. The topological polar surface area (TPSA) is 84.6 Å². The molecule has 0 aliphatic carbocycles. The van der Waals surface area contributed by atoms with E-state index in [-0.39, 0.29) is 0 Å². The quantitative estimate of drug-likeness (QED) is 0.455. The van der Waals surface area contributed by atoms with E-state index >= 15 is 0 Å². The number of carbonyl (C=O) groups excluding carboxylic acids is 2. The number of nitrogens with two attached hydrogens (primary N) is 1. The second kappa shape index (κ2) is 6.22. The van der Waals surface area contributed by atoms with Crippen LogP contribution in [0.25, 0.3) is 6.08 Å². The zero-order valence-electron chi connectivity index (χ0n) is 9.38. The molecule has 88 valence electrons. The molecule has 0 aliphatic rings. The van der Waals surface area contributed by atoms with Crippen LogP contribution in [0.3, 0.4) is 0 Å². The Balaban J connectivity index is 2.57. The van der Waals surface area contributed by atoms with E-state index in [4.69, 9.17) is 5.73 Å². The van der Waals surface area contributed by atoms with Crippen molar-refractivity contribution >= 4 is 23.6 Å². The first-order valence-corrected chi connectivity index (χ1v) is 4.97. The molecule has 0 fully saturated rings. The van der Waals surface area contributed by atoms with E-state index in [9.17, 15) is 9.59 Å². The lowest BCUT2D eigenvalue weighted by molar-refractivity contribution is -0.137. The first kappa shape index (κ1) is 12.6. The summed E-state index contributed by atoms with van der Waals surface area (Å²) in [5.41, 5.74) is 8.37. The van der Waals surface area contributed by atoms with Gasteiger partial charge in [0, 0.05) is 0 Å². The van der Waals surface area contributed by atoms with Crippen molar-refractivity contribution in [2.24, 2.45) is 10.8 Å². The fourth-order valence-corrected chi connectivity index (χ4v) is 1.01. The Hall–Kier alpha value is -2.43. The zero-order valence-corrected chi connectivity index (χ0v) is 9.38. The molecule has 5 heteroatoms. The number of benzene rings is 1. The molecular weight excluding hydrogens is 218 g/mol. The standard InChI is InChI=1S/C12H13N3O2/c1-9(14-15-12(17)11(13)16)7-8-10-5-3-2-4-6-10/h2-8H,1H3,(H2,13,16)(H,15,17)/b8-7+,14-9+. The molecule has 0 saturated heterocycles. The van der Waals surface area contributed by atoms with Crippen molar-refractivity contribution in [3.8, 4) is 0 Å². The average molecular weight is 231 g/mol. The maximum atomic E-state index is 10.8. The fraction of sp³-hybridized carbons (Fsp3) is 0.0833. The van der Waals surface area contributed by atoms with Crippen LogP contribution in [-0.2, 0) is 9.59 Å². The molecule has 1 rings (SSSR count). The highest BCUT2D eigenvalue weighted by atomic mass is 16.2. The van der Waals surface area contributed by atoms with Crippen molar-refractivity contribution in [2.75, 3.05) is 0 Å². The highest BCUT2D eigenvalue weighted by Gasteiger charge is 2.05. The molecule has 0 aliphatic heterocycles. The summed E-state index contributed by atoms with van der Waals surface area (Å²) in [6.45, 7) is 1.70. The van der Waals surface area contributed by atoms with Gasteiger partial charge in [0.25, 0.3) is 0 Å². The maximum absolute atomic E-state index is 10.8. The van der Waals surface area contributed by atoms with E-state index in [0.717, 1.165) is 5.56 Å². The van der Waals surface area contributed by atoms with Gasteiger partial charge < -0.3 is 5.73 Å². The van der Waals surface area contributed by atoms with Gasteiger partial charge in [0.05, 0.1) is 5.71 Å². The van der Waals surface area contributed by atoms with Gasteiger partial charge in [0.15, 0.2) is 0 Å². The Labute approximate surface area is 99.0 Å². The Bertz CT molecular complexity index is 464. The number of carbonyl (C=O) groups is 2. The number of hydrogen-bond acceptors (Lipinski definition) is 3. The SMILES string of the molecule is CC(/C=C/c1ccccc1)=N\NC(=O)C(N)=O. The van der Waals surface area contributed by atoms with Gasteiger partial charge >= 0.3 is 11.8 Å². The largest absolute Gasteiger partial charge is 0.361 e. The maximum Gasteiger partial charge on any atom is 0.329 e. The molecular formula is C12H13N3O2. The van der Waals surface area contributed by atoms with Crippen LogP contribution >= 0.6 is 0 Å². The van der Waals surface area contributed by atoms with Crippen molar-refractivity contribution in [3.05, 3.63) is 42.0 Å². The first-order valence-electron chi connectivity index (χ1n) is 4.97. The minimum Gasteiger partial charge on any atom is -0.361 e. The summed E-state index contributed by atoms with van der Waals surface area (Å²) in [4.78, 5) is 21.2. The van der Waals surface area contributed by atoms with Crippen LogP contribution < -0.4 is 11.2 Å². The molecule has 0 spiro atoms. The predicted molar refractivity (Wildman–Crippen MR) is 65.9 cm³/mol. The van der Waals surface area contributed by atoms with E-state index in [1.807, 2.05) is 41.8 Å². The smallest absolute Gasteiger partial charge is 0.329 e. The number of primary amides is 1. The van der Waals surface area contributed by atoms with Crippen LogP contribution in [0.5, 0.6) is 0 Å². The third-order valence-corrected chi connectivity index (χ3v) is 1.87. The molecule has 1 aromatic rings. The number of hydrogen-bond donors (Lipinski definition) is 2. The van der Waals surface area contributed by atoms with Gasteiger partial charge in [-0.3, -0.25) is 9.59 Å². The van der Waals surface area contributed by atoms with Crippen LogP contribution in [-0.4, -0.2) is 17.5 Å². The number of nitrogens with one attached hydrogen (secondary N) is 1. The lowest BCUT2D eigenvalue weighted by Gasteiger charge is -1.95. The van der Waals surface area contributed by atoms with E-state index < -0.39 is 11.8 Å². The predicted octanol–water partition coefficient (Wildman–Crippen LogP) is 0.677. The second-order valence-electron chi connectivity index (χ2n) is 3.30. The van der Waals surface area contributed by atoms with Gasteiger partial charge in [-0.15, -0.1) is 0 Å². The van der Waals surface area contributed by atoms with E-state index in [0.29, 0.717) is 5.71 Å². The van der Waals surface area contributed by atoms with Crippen molar-refractivity contribution in [1.29, 1.82) is 0 Å². The van der Waals surface area contributed by atoms with Gasteiger partial charge in [-0.05, 0) is 18.6 Å². The molecule has 0 atom stereocenters. The number of nitrogens with zero attached hydrogens (tertiary/aromatic N) is 1. The van der Waals surface area contributed by atoms with Crippen LogP contribution in [0, 0.1) is 0 Å². The van der Waals surface area contributed by atoms with Crippen LogP contribution in [0.15, 0.2) is 41.5 Å². The molecule has 0 aromatic heterocycles. The van der Waals surface area contributed by atoms with E-state index in [1.165, 1.54) is 0 Å². The average Bonchev–Trinajstić information content (AvgIpc) is 2.34. The molecule has 5 nitrogen and oxygen atoms in total. The van der Waals surface area contributed by atoms with E-state index in [2.05, 4.69) is 5.10 Å². The van der Waals surface area contributed by atoms with Crippen LogP contribution in [0.1, 0.15) is 12.5 Å². The summed E-state index contributed by atoms with van der Waals surface area (Å²) in [7, 11) is 0. The molecule has 0 saturated carbocycles. The number of allylic oxidation sites excluding steroid dienone is 1. The van der Waals surface area contributed by atoms with Crippen molar-refractivity contribution in [1.82, 2.24) is 5.43 Å². The molecule has 1 aromatic carbocycles. The van der Waals surface area contributed by atoms with E-state index in [1.54, 1.807) is 13.0 Å². The molecule has 0 heterocycles. The van der Waals surface area contributed by atoms with Gasteiger partial charge in [-0.25, -0.2) is 5.43 Å². The molecule has 2 amide bonds. The summed E-state index contributed by atoms with van der Waals surface area (Å²) >= 11 is 0. The number of hydrazone groups is 1. The lowest BCUT2D eigenvalue weighted by Crippen LogP contribution is -2.33. The highest BCUT2D eigenvalue weighted by Crippen LogP contribution is 2.00. The zero-order chi connectivity index (χ0) is 12.7. The Morgan fingerprint density at radius 2 is 1.94 bits per heavy atom. The minimum atomic E-state index is -1.06. The summed E-state index contributed by atoms with van der Waals surface area (Å²) in [6.07, 6.45) is 3.56. The summed E-state index contributed by atoms with van der Waals surface area (Å²) in [6, 6.07) is 9.63. The van der Waals surface area contributed by atoms with Crippen molar-refractivity contribution in [2.45, 2.75) is 6.92 Å². The summed E-state index contributed by atoms with van der Waals surface area (Å²) in [5.74, 6) is -1.99. The van der Waals surface area contributed by atoms with Gasteiger partial charge in [0.2, 0.25) is 0 Å². The summed E-state index contributed by atoms with van der Waals surface area (Å²) in [5, 5.41) is 3.69. The van der Waals surface area contributed by atoms with Gasteiger partial charge in [-0.2, -0.15) is 5.10 Å². The lowest BCUT2D eigenvalue weighted by atomic mass is 10.2. The number of rotatable bonds is 3. The second-order valence-corrected chi connectivity index (χ2v) is 3.30. The third-order valence-electron chi connectivity index (χ3n) is 1.87. The monoisotopic (exact) mass is 231 g/mol. The van der Waals surface area contributed by atoms with Crippen molar-refractivity contribution in [3.63, 3.8) is 0 Å². The molecule has 17 heavy (non-hydrogen) atoms. The molecule has 0 radical (unpaired) electrons. The van der Waals surface area contributed by atoms with Gasteiger partial charge in [0.1, 0.15) is 0 Å². The van der Waals surface area contributed by atoms with Crippen LogP contribution in [0.2, 0.25) is 0 Å². The molecule has 0 bridgehead atoms. The molecule has 0 unspecified atom stereocenters. The molecule has 3 N–H and O–H groups in total. The van der Waals surface area contributed by atoms with Crippen LogP contribution in [0.4, 0.5) is 0 Å². The Kier molecular flexibility index (Phi) is 4.62. The summed E-state index contributed by atoms with van der Waals surface area (Å²) < 4.78 is 0. The third kappa shape index (κ3) is 4.74. The number of amides is 2. The Morgan fingerprint density at radius 3 is 2.53 bits per heavy atom. The minimum absolute atomic E-state index is 0.559. The van der Waals surface area contributed by atoms with Gasteiger partial charge in [-0.1, -0.05) is 36.4 Å². The Morgan fingerprint density at radius 1 is 1.29 bits per heavy atom. The normalized spacial score (nSPS) is 11.5. The van der Waals surface area contributed by atoms with Crippen molar-refractivity contribution < 1.29 is 9.59 Å². The highest BCUT2D eigenvalue weighted by molar-refractivity contribution is 6.34.